The minimum atomic E-state index is 0.0183. The van der Waals surface area contributed by atoms with E-state index in [1.807, 2.05) is 6.07 Å². The van der Waals surface area contributed by atoms with Crippen LogP contribution in [-0.2, 0) is 6.54 Å². The Balaban J connectivity index is 2.10. The lowest BCUT2D eigenvalue weighted by molar-refractivity contribution is 0.469. The molecule has 7 heteroatoms. The Hall–Kier alpha value is -1.59. The fourth-order valence-corrected chi connectivity index (χ4v) is 1.60. The van der Waals surface area contributed by atoms with Crippen LogP contribution >= 0.6 is 23.2 Å². The minimum absolute atomic E-state index is 0.0183. The molecule has 2 aromatic rings. The van der Waals surface area contributed by atoms with E-state index in [1.54, 1.807) is 18.2 Å². The summed E-state index contributed by atoms with van der Waals surface area (Å²) in [5.74, 6) is 0.463. The van der Waals surface area contributed by atoms with E-state index < -0.39 is 0 Å². The van der Waals surface area contributed by atoms with E-state index in [0.29, 0.717) is 6.54 Å². The van der Waals surface area contributed by atoms with E-state index >= 15 is 0 Å². The number of hydrogen-bond donors (Lipinski definition) is 2. The largest absolute Gasteiger partial charge is 0.508 e. The minimum Gasteiger partial charge on any atom is -0.508 e. The van der Waals surface area contributed by atoms with E-state index in [2.05, 4.69) is 20.3 Å². The molecule has 1 aromatic carbocycles. The van der Waals surface area contributed by atoms with Gasteiger partial charge in [0.2, 0.25) is 16.5 Å². The lowest BCUT2D eigenvalue weighted by Gasteiger charge is -2.06. The van der Waals surface area contributed by atoms with Crippen molar-refractivity contribution in [2.45, 2.75) is 6.54 Å². The van der Waals surface area contributed by atoms with Crippen LogP contribution in [0.5, 0.6) is 5.75 Å². The van der Waals surface area contributed by atoms with Crippen molar-refractivity contribution in [3.05, 3.63) is 40.4 Å². The maximum Gasteiger partial charge on any atom is 0.228 e. The number of aromatic hydroxyl groups is 1. The van der Waals surface area contributed by atoms with Crippen molar-refractivity contribution in [1.82, 2.24) is 15.0 Å². The van der Waals surface area contributed by atoms with E-state index in [9.17, 15) is 5.11 Å². The highest BCUT2D eigenvalue weighted by atomic mass is 35.5. The Kier molecular flexibility index (Phi) is 3.61. The number of phenols is 1. The van der Waals surface area contributed by atoms with E-state index in [1.165, 1.54) is 0 Å². The van der Waals surface area contributed by atoms with Gasteiger partial charge in [-0.3, -0.25) is 0 Å². The molecule has 0 saturated heterocycles. The van der Waals surface area contributed by atoms with Crippen molar-refractivity contribution in [1.29, 1.82) is 0 Å². The van der Waals surface area contributed by atoms with Gasteiger partial charge in [0, 0.05) is 12.1 Å². The van der Waals surface area contributed by atoms with Crippen LogP contribution in [0.1, 0.15) is 5.56 Å². The van der Waals surface area contributed by atoms with Crippen LogP contribution in [-0.4, -0.2) is 20.1 Å². The Morgan fingerprint density at radius 2 is 1.71 bits per heavy atom. The lowest BCUT2D eigenvalue weighted by Crippen LogP contribution is -2.05. The van der Waals surface area contributed by atoms with Crippen LogP contribution in [0.3, 0.4) is 0 Å². The third kappa shape index (κ3) is 3.18. The molecule has 0 aliphatic rings. The molecular weight excluding hydrogens is 263 g/mol. The van der Waals surface area contributed by atoms with Crippen LogP contribution < -0.4 is 5.32 Å². The molecule has 0 saturated carbocycles. The van der Waals surface area contributed by atoms with Crippen LogP contribution in [0.2, 0.25) is 10.6 Å². The second kappa shape index (κ2) is 5.16. The molecule has 0 amide bonds. The summed E-state index contributed by atoms with van der Waals surface area (Å²) in [4.78, 5) is 11.3. The number of rotatable bonds is 3. The summed E-state index contributed by atoms with van der Waals surface area (Å²) in [5.41, 5.74) is 0.722. The summed E-state index contributed by atoms with van der Waals surface area (Å²) in [6.07, 6.45) is 0. The average molecular weight is 271 g/mol. The van der Waals surface area contributed by atoms with Crippen LogP contribution in [0.25, 0.3) is 0 Å². The fraction of sp³-hybridized carbons (Fsp3) is 0.100. The maximum absolute atomic E-state index is 9.55. The van der Waals surface area contributed by atoms with Crippen molar-refractivity contribution in [2.75, 3.05) is 5.32 Å². The number of anilines is 1. The molecule has 0 spiro atoms. The van der Waals surface area contributed by atoms with Gasteiger partial charge in [-0.15, -0.1) is 0 Å². The summed E-state index contributed by atoms with van der Waals surface area (Å²) in [6.45, 7) is 0.364. The number of phenolic OH excluding ortho intramolecular Hbond substituents is 1. The first kappa shape index (κ1) is 11.9. The highest BCUT2D eigenvalue weighted by Gasteiger charge is 2.04. The van der Waals surface area contributed by atoms with Crippen molar-refractivity contribution < 1.29 is 5.11 Å². The molecule has 1 heterocycles. The molecule has 1 aromatic heterocycles. The number of benzene rings is 1. The van der Waals surface area contributed by atoms with Gasteiger partial charge in [-0.2, -0.15) is 15.0 Å². The summed E-state index contributed by atoms with van der Waals surface area (Å²) < 4.78 is 0. The zero-order valence-corrected chi connectivity index (χ0v) is 10.1. The van der Waals surface area contributed by atoms with Gasteiger partial charge in [0.15, 0.2) is 0 Å². The Labute approximate surface area is 107 Å². The zero-order chi connectivity index (χ0) is 12.3. The summed E-state index contributed by atoms with van der Waals surface area (Å²) >= 11 is 11.3. The quantitative estimate of drug-likeness (QED) is 0.897. The van der Waals surface area contributed by atoms with Crippen LogP contribution in [0.15, 0.2) is 24.3 Å². The number of halogens is 2. The standard InChI is InChI=1S/C10H8Cl2N4O/c11-8-14-9(12)16-10(15-8)13-5-6-3-1-2-4-7(6)17/h1-4,17H,5H2,(H,13,14,15,16). The fourth-order valence-electron chi connectivity index (χ4n) is 1.24. The molecule has 2 N–H and O–H groups in total. The zero-order valence-electron chi connectivity index (χ0n) is 8.56. The Morgan fingerprint density at radius 1 is 1.06 bits per heavy atom. The third-order valence-electron chi connectivity index (χ3n) is 2.01. The normalized spacial score (nSPS) is 10.2. The van der Waals surface area contributed by atoms with Gasteiger partial charge < -0.3 is 10.4 Å². The first-order valence-corrected chi connectivity index (χ1v) is 5.48. The molecule has 0 atom stereocenters. The smallest absolute Gasteiger partial charge is 0.228 e. The number of nitrogens with zero attached hydrogens (tertiary/aromatic N) is 3. The van der Waals surface area contributed by atoms with Gasteiger partial charge in [0.25, 0.3) is 0 Å². The monoisotopic (exact) mass is 270 g/mol. The summed E-state index contributed by atoms with van der Waals surface area (Å²) in [5, 5.41) is 12.5. The Morgan fingerprint density at radius 3 is 2.35 bits per heavy atom. The predicted molar refractivity (Wildman–Crippen MR) is 65.3 cm³/mol. The molecule has 0 bridgehead atoms. The van der Waals surface area contributed by atoms with E-state index in [-0.39, 0.29) is 22.3 Å². The van der Waals surface area contributed by atoms with Gasteiger partial charge in [-0.05, 0) is 29.3 Å². The topological polar surface area (TPSA) is 70.9 Å². The number of aromatic nitrogens is 3. The molecule has 17 heavy (non-hydrogen) atoms. The molecule has 0 fully saturated rings. The second-order valence-corrected chi connectivity index (χ2v) is 3.86. The number of nitrogens with one attached hydrogen (secondary N) is 1. The SMILES string of the molecule is Oc1ccccc1CNc1nc(Cl)nc(Cl)n1. The number of hydrogen-bond acceptors (Lipinski definition) is 5. The van der Waals surface area contributed by atoms with Crippen molar-refractivity contribution in [3.8, 4) is 5.75 Å². The molecule has 0 unspecified atom stereocenters. The maximum atomic E-state index is 9.55. The molecule has 0 aliphatic carbocycles. The molecule has 2 rings (SSSR count). The summed E-state index contributed by atoms with van der Waals surface area (Å²) in [6, 6.07) is 6.96. The second-order valence-electron chi connectivity index (χ2n) is 3.18. The van der Waals surface area contributed by atoms with Crippen molar-refractivity contribution in [3.63, 3.8) is 0 Å². The van der Waals surface area contributed by atoms with E-state index in [0.717, 1.165) is 5.56 Å². The van der Waals surface area contributed by atoms with Crippen molar-refractivity contribution in [2.24, 2.45) is 0 Å². The van der Waals surface area contributed by atoms with Gasteiger partial charge >= 0.3 is 0 Å². The average Bonchev–Trinajstić information content (AvgIpc) is 2.27. The van der Waals surface area contributed by atoms with Gasteiger partial charge in [0.1, 0.15) is 5.75 Å². The Bertz CT molecular complexity index is 515. The molecular formula is C10H8Cl2N4O. The predicted octanol–water partition coefficient (Wildman–Crippen LogP) is 2.50. The van der Waals surface area contributed by atoms with Gasteiger partial charge in [-0.25, -0.2) is 0 Å². The third-order valence-corrected chi connectivity index (χ3v) is 2.35. The van der Waals surface area contributed by atoms with E-state index in [4.69, 9.17) is 23.2 Å². The highest BCUT2D eigenvalue weighted by Crippen LogP contribution is 2.17. The summed E-state index contributed by atoms with van der Waals surface area (Å²) in [7, 11) is 0. The molecule has 5 nitrogen and oxygen atoms in total. The van der Waals surface area contributed by atoms with Gasteiger partial charge in [-0.1, -0.05) is 18.2 Å². The molecule has 88 valence electrons. The number of para-hydroxylation sites is 1. The first-order valence-electron chi connectivity index (χ1n) is 4.73. The van der Waals surface area contributed by atoms with Crippen LogP contribution in [0.4, 0.5) is 5.95 Å². The lowest BCUT2D eigenvalue weighted by atomic mass is 10.2. The highest BCUT2D eigenvalue weighted by molar-refractivity contribution is 6.31. The first-order chi connectivity index (χ1) is 8.15. The molecule has 0 aliphatic heterocycles. The van der Waals surface area contributed by atoms with Crippen molar-refractivity contribution >= 4 is 29.2 Å². The molecule has 0 radical (unpaired) electrons. The van der Waals surface area contributed by atoms with Gasteiger partial charge in [0.05, 0.1) is 0 Å². The van der Waals surface area contributed by atoms with Crippen LogP contribution in [0, 0.1) is 0 Å².